The Morgan fingerprint density at radius 3 is 2.65 bits per heavy atom. The normalized spacial score (nSPS) is 14.4. The molecule has 3 rings (SSSR count). The predicted octanol–water partition coefficient (Wildman–Crippen LogP) is 3.65. The summed E-state index contributed by atoms with van der Waals surface area (Å²) in [6.07, 6.45) is 3.27. The van der Waals surface area contributed by atoms with Crippen LogP contribution in [0, 0.1) is 11.3 Å². The van der Waals surface area contributed by atoms with Gasteiger partial charge in [-0.15, -0.1) is 0 Å². The van der Waals surface area contributed by atoms with Gasteiger partial charge < -0.3 is 20.5 Å². The van der Waals surface area contributed by atoms with Gasteiger partial charge in [-0.05, 0) is 79.6 Å². The molecule has 1 aliphatic rings. The highest BCUT2D eigenvalue weighted by atomic mass is 16.5. The first-order valence-corrected chi connectivity index (χ1v) is 11.1. The smallest absolute Gasteiger partial charge is 0.306 e. The van der Waals surface area contributed by atoms with Gasteiger partial charge in [0.25, 0.3) is 0 Å². The molecule has 2 aromatic carbocycles. The fourth-order valence-electron chi connectivity index (χ4n) is 3.89. The van der Waals surface area contributed by atoms with E-state index in [0.717, 1.165) is 54.8 Å². The van der Waals surface area contributed by atoms with E-state index in [1.54, 1.807) is 0 Å². The lowest BCUT2D eigenvalue weighted by Crippen LogP contribution is -2.29. The van der Waals surface area contributed by atoms with Crippen molar-refractivity contribution in [2.24, 2.45) is 11.7 Å². The van der Waals surface area contributed by atoms with Crippen molar-refractivity contribution in [3.63, 3.8) is 0 Å². The Morgan fingerprint density at radius 2 is 1.90 bits per heavy atom. The quantitative estimate of drug-likeness (QED) is 0.308. The lowest BCUT2D eigenvalue weighted by molar-refractivity contribution is -0.143. The Bertz CT molecular complexity index is 891. The average Bonchev–Trinajstić information content (AvgIpc) is 2.78. The Labute approximate surface area is 184 Å². The number of carbonyl (C=O) groups is 1. The molecule has 2 aromatic rings. The molecule has 0 aromatic heterocycles. The van der Waals surface area contributed by atoms with Crippen LogP contribution in [0.1, 0.15) is 42.9 Å². The molecule has 1 saturated heterocycles. The van der Waals surface area contributed by atoms with Crippen molar-refractivity contribution >= 4 is 11.8 Å². The summed E-state index contributed by atoms with van der Waals surface area (Å²) >= 11 is 0. The maximum Gasteiger partial charge on any atom is 0.306 e. The zero-order valence-electron chi connectivity index (χ0n) is 18.3. The van der Waals surface area contributed by atoms with Crippen molar-refractivity contribution in [3.05, 3.63) is 59.2 Å². The van der Waals surface area contributed by atoms with E-state index in [1.807, 2.05) is 31.2 Å². The number of aryl methyl sites for hydroxylation is 1. The minimum atomic E-state index is -0.185. The topological polar surface area (TPSA) is 97.4 Å². The van der Waals surface area contributed by atoms with Crippen molar-refractivity contribution in [1.82, 2.24) is 5.32 Å². The van der Waals surface area contributed by atoms with E-state index in [4.69, 9.17) is 20.6 Å². The number of hydrogen-bond acceptors (Lipinski definition) is 5. The van der Waals surface area contributed by atoms with Crippen LogP contribution in [0.5, 0.6) is 0 Å². The lowest BCUT2D eigenvalue weighted by Gasteiger charge is -2.22. The number of piperidine rings is 1. The summed E-state index contributed by atoms with van der Waals surface area (Å²) in [4.78, 5) is 11.8. The number of nitrogens with one attached hydrogen (secondary N) is 2. The molecule has 0 radical (unpaired) electrons. The zero-order chi connectivity index (χ0) is 22.1. The van der Waals surface area contributed by atoms with E-state index in [0.29, 0.717) is 37.5 Å². The standard InChI is InChI=1S/C25H33N3O3/c1-2-31-24(29)7-6-19-12-20(17-30-16-18-8-10-28-11-9-18)14-23(13-19)21-4-3-5-22(15-21)25(26)27/h3-5,12-15,18,28H,2,6-11,16-17H2,1H3,(H3,26,27). The highest BCUT2D eigenvalue weighted by Gasteiger charge is 2.13. The fraction of sp³-hybridized carbons (Fsp3) is 0.440. The number of esters is 1. The summed E-state index contributed by atoms with van der Waals surface area (Å²) in [5, 5.41) is 11.1. The highest BCUT2D eigenvalue weighted by molar-refractivity contribution is 5.96. The van der Waals surface area contributed by atoms with Crippen molar-refractivity contribution in [3.8, 4) is 11.1 Å². The average molecular weight is 424 g/mol. The minimum absolute atomic E-state index is 0.0471. The third-order valence-electron chi connectivity index (χ3n) is 5.56. The second kappa shape index (κ2) is 11.6. The highest BCUT2D eigenvalue weighted by Crippen LogP contribution is 2.25. The molecule has 0 unspecified atom stereocenters. The molecule has 6 heteroatoms. The molecule has 4 N–H and O–H groups in total. The van der Waals surface area contributed by atoms with Crippen molar-refractivity contribution in [1.29, 1.82) is 5.41 Å². The lowest BCUT2D eigenvalue weighted by atomic mass is 9.96. The van der Waals surface area contributed by atoms with E-state index in [9.17, 15) is 4.79 Å². The maximum absolute atomic E-state index is 11.8. The van der Waals surface area contributed by atoms with Gasteiger partial charge in [-0.25, -0.2) is 0 Å². The van der Waals surface area contributed by atoms with Crippen LogP contribution in [0.25, 0.3) is 11.1 Å². The number of ether oxygens (including phenoxy) is 2. The van der Waals surface area contributed by atoms with Gasteiger partial charge in [0, 0.05) is 18.6 Å². The summed E-state index contributed by atoms with van der Waals surface area (Å²) in [5.41, 5.74) is 10.5. The van der Waals surface area contributed by atoms with Crippen molar-refractivity contribution in [2.75, 3.05) is 26.3 Å². The van der Waals surface area contributed by atoms with Crippen LogP contribution in [0.3, 0.4) is 0 Å². The van der Waals surface area contributed by atoms with E-state index >= 15 is 0 Å². The Balaban J connectivity index is 1.76. The third kappa shape index (κ3) is 7.19. The van der Waals surface area contributed by atoms with Gasteiger partial charge in [0.15, 0.2) is 0 Å². The maximum atomic E-state index is 11.8. The molecule has 1 heterocycles. The Kier molecular flexibility index (Phi) is 8.62. The Morgan fingerprint density at radius 1 is 1.13 bits per heavy atom. The van der Waals surface area contributed by atoms with Crippen LogP contribution in [0.15, 0.2) is 42.5 Å². The van der Waals surface area contributed by atoms with E-state index in [2.05, 4.69) is 23.5 Å². The molecule has 1 fully saturated rings. The number of benzene rings is 2. The molecule has 0 aliphatic carbocycles. The first-order valence-electron chi connectivity index (χ1n) is 11.1. The summed E-state index contributed by atoms with van der Waals surface area (Å²) in [6, 6.07) is 14.0. The summed E-state index contributed by atoms with van der Waals surface area (Å²) in [6.45, 7) is 5.65. The van der Waals surface area contributed by atoms with Crippen LogP contribution >= 0.6 is 0 Å². The molecule has 0 bridgehead atoms. The van der Waals surface area contributed by atoms with Crippen LogP contribution in [0.2, 0.25) is 0 Å². The van der Waals surface area contributed by atoms with Crippen LogP contribution < -0.4 is 11.1 Å². The zero-order valence-corrected chi connectivity index (χ0v) is 18.3. The van der Waals surface area contributed by atoms with Gasteiger partial charge in [0.05, 0.1) is 13.2 Å². The number of carbonyl (C=O) groups excluding carboxylic acids is 1. The fourth-order valence-corrected chi connectivity index (χ4v) is 3.89. The second-order valence-electron chi connectivity index (χ2n) is 8.05. The SMILES string of the molecule is CCOC(=O)CCc1cc(COCC2CCNCC2)cc(-c2cccc(C(=N)N)c2)c1. The molecule has 0 atom stereocenters. The molecular weight excluding hydrogens is 390 g/mol. The molecule has 6 nitrogen and oxygen atoms in total. The largest absolute Gasteiger partial charge is 0.466 e. The van der Waals surface area contributed by atoms with Crippen molar-refractivity contribution < 1.29 is 14.3 Å². The first-order chi connectivity index (χ1) is 15.0. The van der Waals surface area contributed by atoms with E-state index in [1.165, 1.54) is 0 Å². The molecule has 31 heavy (non-hydrogen) atoms. The predicted molar refractivity (Wildman–Crippen MR) is 123 cm³/mol. The second-order valence-corrected chi connectivity index (χ2v) is 8.05. The van der Waals surface area contributed by atoms with Crippen LogP contribution in [0.4, 0.5) is 0 Å². The van der Waals surface area contributed by atoms with Gasteiger partial charge in [0.2, 0.25) is 0 Å². The summed E-state index contributed by atoms with van der Waals surface area (Å²) in [7, 11) is 0. The van der Waals surface area contributed by atoms with Crippen LogP contribution in [-0.4, -0.2) is 38.1 Å². The first kappa shape index (κ1) is 23.0. The molecule has 0 saturated carbocycles. The van der Waals surface area contributed by atoms with Crippen molar-refractivity contribution in [2.45, 2.75) is 39.2 Å². The van der Waals surface area contributed by atoms with E-state index in [-0.39, 0.29) is 11.8 Å². The van der Waals surface area contributed by atoms with E-state index < -0.39 is 0 Å². The minimum Gasteiger partial charge on any atom is -0.466 e. The monoisotopic (exact) mass is 423 g/mol. The Hall–Kier alpha value is -2.70. The number of nitrogens with two attached hydrogens (primary N) is 1. The summed E-state index contributed by atoms with van der Waals surface area (Å²) in [5.74, 6) is 0.473. The number of hydrogen-bond donors (Lipinski definition) is 3. The molecule has 166 valence electrons. The molecule has 1 aliphatic heterocycles. The number of amidine groups is 1. The van der Waals surface area contributed by atoms with Gasteiger partial charge in [-0.2, -0.15) is 0 Å². The van der Waals surface area contributed by atoms with Gasteiger partial charge >= 0.3 is 5.97 Å². The van der Waals surface area contributed by atoms with Crippen LogP contribution in [-0.2, 0) is 27.3 Å². The van der Waals surface area contributed by atoms with Gasteiger partial charge in [0.1, 0.15) is 5.84 Å². The summed E-state index contributed by atoms with van der Waals surface area (Å²) < 4.78 is 11.1. The molecule has 0 amide bonds. The molecule has 0 spiro atoms. The number of rotatable bonds is 10. The van der Waals surface area contributed by atoms with Gasteiger partial charge in [-0.1, -0.05) is 30.3 Å². The molecular formula is C25H33N3O3. The third-order valence-corrected chi connectivity index (χ3v) is 5.56. The number of nitrogen functional groups attached to an aromatic ring is 1. The van der Waals surface area contributed by atoms with Gasteiger partial charge in [-0.3, -0.25) is 10.2 Å².